The van der Waals surface area contributed by atoms with Gasteiger partial charge < -0.3 is 0 Å². The Labute approximate surface area is 128 Å². The molecule has 0 saturated carbocycles. The Morgan fingerprint density at radius 2 is 1.70 bits per heavy atom. The van der Waals surface area contributed by atoms with Gasteiger partial charge in [0.15, 0.2) is 0 Å². The number of halogens is 1. The van der Waals surface area contributed by atoms with Gasteiger partial charge in [-0.2, -0.15) is 4.31 Å². The maximum Gasteiger partial charge on any atom is 0.243 e. The van der Waals surface area contributed by atoms with Gasteiger partial charge >= 0.3 is 0 Å². The van der Waals surface area contributed by atoms with Crippen LogP contribution in [0.25, 0.3) is 0 Å². The van der Waals surface area contributed by atoms with Crippen LogP contribution in [-0.4, -0.2) is 31.7 Å². The van der Waals surface area contributed by atoms with Crippen LogP contribution >= 0.6 is 11.6 Å². The summed E-state index contributed by atoms with van der Waals surface area (Å²) in [7, 11) is -1.82. The molecule has 3 nitrogen and oxygen atoms in total. The average Bonchev–Trinajstić information content (AvgIpc) is 2.37. The van der Waals surface area contributed by atoms with Crippen LogP contribution in [0.15, 0.2) is 29.2 Å². The van der Waals surface area contributed by atoms with Gasteiger partial charge in [-0.3, -0.25) is 0 Å². The molecule has 0 bridgehead atoms. The van der Waals surface area contributed by atoms with Crippen LogP contribution in [0, 0.1) is 5.41 Å². The van der Waals surface area contributed by atoms with Gasteiger partial charge in [-0.05, 0) is 36.5 Å². The first-order chi connectivity index (χ1) is 9.10. The summed E-state index contributed by atoms with van der Waals surface area (Å²) in [5.41, 5.74) is 0.936. The molecule has 0 radical (unpaired) electrons. The maximum absolute atomic E-state index is 12.6. The van der Waals surface area contributed by atoms with E-state index in [1.165, 1.54) is 4.31 Å². The van der Waals surface area contributed by atoms with Gasteiger partial charge in [0.2, 0.25) is 10.0 Å². The minimum Gasteiger partial charge on any atom is -0.207 e. The van der Waals surface area contributed by atoms with Crippen LogP contribution in [0.4, 0.5) is 0 Å². The van der Waals surface area contributed by atoms with Crippen molar-refractivity contribution in [2.75, 3.05) is 12.9 Å². The Bertz CT molecular complexity index is 532. The van der Waals surface area contributed by atoms with E-state index in [1.54, 1.807) is 19.2 Å². The number of aryl methyl sites for hydroxylation is 1. The summed E-state index contributed by atoms with van der Waals surface area (Å²) in [6.07, 6.45) is 0.746. The summed E-state index contributed by atoms with van der Waals surface area (Å²) in [6, 6.07) is 6.87. The zero-order valence-electron chi connectivity index (χ0n) is 12.9. The van der Waals surface area contributed by atoms with Gasteiger partial charge in [-0.25, -0.2) is 8.42 Å². The smallest absolute Gasteiger partial charge is 0.207 e. The van der Waals surface area contributed by atoms with Crippen molar-refractivity contribution >= 4 is 21.6 Å². The first-order valence-electron chi connectivity index (χ1n) is 6.73. The summed E-state index contributed by atoms with van der Waals surface area (Å²) in [4.78, 5) is 0.328. The Morgan fingerprint density at radius 3 is 2.10 bits per heavy atom. The van der Waals surface area contributed by atoms with E-state index in [4.69, 9.17) is 11.6 Å². The van der Waals surface area contributed by atoms with E-state index in [0.717, 1.165) is 12.0 Å². The molecule has 1 aromatic carbocycles. The van der Waals surface area contributed by atoms with Crippen LogP contribution in [0.2, 0.25) is 0 Å². The zero-order chi connectivity index (χ0) is 15.6. The lowest BCUT2D eigenvalue weighted by Gasteiger charge is -2.34. The molecule has 114 valence electrons. The fourth-order valence-corrected chi connectivity index (χ4v) is 3.62. The molecule has 1 rings (SSSR count). The van der Waals surface area contributed by atoms with Crippen molar-refractivity contribution in [2.45, 2.75) is 45.1 Å². The fraction of sp³-hybridized carbons (Fsp3) is 0.600. The number of alkyl halides is 1. The summed E-state index contributed by atoms with van der Waals surface area (Å²) in [6.45, 7) is 8.03. The van der Waals surface area contributed by atoms with Crippen molar-refractivity contribution in [3.63, 3.8) is 0 Å². The molecule has 0 heterocycles. The lowest BCUT2D eigenvalue weighted by atomic mass is 9.88. The molecule has 20 heavy (non-hydrogen) atoms. The minimum atomic E-state index is -3.45. The molecule has 1 atom stereocenters. The van der Waals surface area contributed by atoms with Crippen LogP contribution in [0.1, 0.15) is 33.3 Å². The molecule has 1 unspecified atom stereocenters. The number of hydrogen-bond acceptors (Lipinski definition) is 2. The SMILES string of the molecule is CC(N(C)S(=O)(=O)c1ccc(CCCl)cc1)C(C)(C)C. The molecule has 0 spiro atoms. The molecule has 0 aliphatic carbocycles. The zero-order valence-corrected chi connectivity index (χ0v) is 14.4. The number of nitrogens with zero attached hydrogens (tertiary/aromatic N) is 1. The molecule has 0 aliphatic heterocycles. The summed E-state index contributed by atoms with van der Waals surface area (Å²) < 4.78 is 26.6. The third-order valence-corrected chi connectivity index (χ3v) is 5.91. The number of sulfonamides is 1. The first kappa shape index (κ1) is 17.5. The molecular weight excluding hydrogens is 294 g/mol. The van der Waals surface area contributed by atoms with E-state index < -0.39 is 10.0 Å². The number of hydrogen-bond donors (Lipinski definition) is 0. The number of benzene rings is 1. The van der Waals surface area contributed by atoms with E-state index in [-0.39, 0.29) is 11.5 Å². The van der Waals surface area contributed by atoms with Gasteiger partial charge in [-0.15, -0.1) is 11.6 Å². The predicted molar refractivity (Wildman–Crippen MR) is 84.7 cm³/mol. The van der Waals surface area contributed by atoms with Crippen LogP contribution in [-0.2, 0) is 16.4 Å². The van der Waals surface area contributed by atoms with Crippen molar-refractivity contribution < 1.29 is 8.42 Å². The van der Waals surface area contributed by atoms with E-state index in [2.05, 4.69) is 0 Å². The Morgan fingerprint density at radius 1 is 1.20 bits per heavy atom. The van der Waals surface area contributed by atoms with E-state index >= 15 is 0 Å². The van der Waals surface area contributed by atoms with Gasteiger partial charge in [0.05, 0.1) is 4.90 Å². The van der Waals surface area contributed by atoms with Gasteiger partial charge in [0.1, 0.15) is 0 Å². The standard InChI is InChI=1S/C15H24ClNO2S/c1-12(15(2,3)4)17(5)20(18,19)14-8-6-13(7-9-14)10-11-16/h6-9,12H,10-11H2,1-5H3. The molecule has 0 N–H and O–H groups in total. The monoisotopic (exact) mass is 317 g/mol. The van der Waals surface area contributed by atoms with Crippen molar-refractivity contribution in [3.05, 3.63) is 29.8 Å². The van der Waals surface area contributed by atoms with E-state index in [1.807, 2.05) is 39.8 Å². The molecular formula is C15H24ClNO2S. The highest BCUT2D eigenvalue weighted by molar-refractivity contribution is 7.89. The number of rotatable bonds is 5. The summed E-state index contributed by atoms with van der Waals surface area (Å²) in [5.74, 6) is 0.535. The first-order valence-corrected chi connectivity index (χ1v) is 8.71. The van der Waals surface area contributed by atoms with E-state index in [9.17, 15) is 8.42 Å². The minimum absolute atomic E-state index is 0.0879. The molecule has 5 heteroatoms. The Balaban J connectivity index is 3.04. The van der Waals surface area contributed by atoms with Gasteiger partial charge in [0.25, 0.3) is 0 Å². The van der Waals surface area contributed by atoms with E-state index in [0.29, 0.717) is 10.8 Å². The highest BCUT2D eigenvalue weighted by Gasteiger charge is 2.32. The Kier molecular flexibility index (Phi) is 5.64. The van der Waals surface area contributed by atoms with Crippen molar-refractivity contribution in [1.29, 1.82) is 0 Å². The Hall–Kier alpha value is -0.580. The molecule has 0 amide bonds. The topological polar surface area (TPSA) is 37.4 Å². The average molecular weight is 318 g/mol. The summed E-state index contributed by atoms with van der Waals surface area (Å²) >= 11 is 5.68. The second-order valence-electron chi connectivity index (χ2n) is 6.15. The fourth-order valence-electron chi connectivity index (χ4n) is 1.86. The molecule has 0 fully saturated rings. The van der Waals surface area contributed by atoms with Crippen molar-refractivity contribution in [1.82, 2.24) is 4.31 Å². The highest BCUT2D eigenvalue weighted by atomic mass is 35.5. The molecule has 0 aliphatic rings. The van der Waals surface area contributed by atoms with Crippen LogP contribution in [0.5, 0.6) is 0 Å². The molecule has 1 aromatic rings. The normalized spacial score (nSPS) is 14.6. The lowest BCUT2D eigenvalue weighted by Crippen LogP contribution is -2.42. The third kappa shape index (κ3) is 3.96. The third-order valence-electron chi connectivity index (χ3n) is 3.78. The van der Waals surface area contributed by atoms with Gasteiger partial charge in [0, 0.05) is 19.0 Å². The molecule has 0 aromatic heterocycles. The largest absolute Gasteiger partial charge is 0.243 e. The molecule has 0 saturated heterocycles. The highest BCUT2D eigenvalue weighted by Crippen LogP contribution is 2.27. The predicted octanol–water partition coefficient (Wildman–Crippen LogP) is 3.52. The second kappa shape index (κ2) is 6.46. The van der Waals surface area contributed by atoms with Crippen molar-refractivity contribution in [2.24, 2.45) is 5.41 Å². The quantitative estimate of drug-likeness (QED) is 0.779. The summed E-state index contributed by atoms with van der Waals surface area (Å²) in [5, 5.41) is 0. The lowest BCUT2D eigenvalue weighted by molar-refractivity contribution is 0.216. The van der Waals surface area contributed by atoms with Gasteiger partial charge in [-0.1, -0.05) is 32.9 Å². The maximum atomic E-state index is 12.6. The second-order valence-corrected chi connectivity index (χ2v) is 8.52. The van der Waals surface area contributed by atoms with Crippen molar-refractivity contribution in [3.8, 4) is 0 Å². The van der Waals surface area contributed by atoms with Crippen LogP contribution in [0.3, 0.4) is 0 Å². The van der Waals surface area contributed by atoms with Crippen LogP contribution < -0.4 is 0 Å².